The van der Waals surface area contributed by atoms with Crippen molar-refractivity contribution in [1.29, 1.82) is 5.41 Å². The number of ether oxygens (including phenoxy) is 3. The van der Waals surface area contributed by atoms with Crippen LogP contribution in [0.1, 0.15) is 27.1 Å². The second kappa shape index (κ2) is 8.88. The summed E-state index contributed by atoms with van der Waals surface area (Å²) in [5.74, 6) is 0.132. The number of hydrogen-bond acceptors (Lipinski definition) is 8. The number of nitrogens with one attached hydrogen (secondary N) is 1. The van der Waals surface area contributed by atoms with Crippen LogP contribution in [0.3, 0.4) is 0 Å². The monoisotopic (exact) mass is 437 g/mol. The molecule has 0 radical (unpaired) electrons. The van der Waals surface area contributed by atoms with Gasteiger partial charge in [-0.25, -0.2) is 4.79 Å². The molecule has 3 N–H and O–H groups in total. The highest BCUT2D eigenvalue weighted by molar-refractivity contribution is 7.20. The number of methoxy groups -OCH3 is 1. The van der Waals surface area contributed by atoms with Crippen LogP contribution in [-0.2, 0) is 4.74 Å². The highest BCUT2D eigenvalue weighted by Gasteiger charge is 2.19. The van der Waals surface area contributed by atoms with E-state index in [1.165, 1.54) is 24.5 Å². The van der Waals surface area contributed by atoms with E-state index in [1.54, 1.807) is 0 Å². The van der Waals surface area contributed by atoms with Gasteiger partial charge < -0.3 is 24.5 Å². The van der Waals surface area contributed by atoms with Crippen LogP contribution in [0.5, 0.6) is 11.6 Å². The predicted molar refractivity (Wildman–Crippen MR) is 116 cm³/mol. The maximum atomic E-state index is 11.5. The maximum Gasteiger partial charge on any atom is 0.377 e. The van der Waals surface area contributed by atoms with Gasteiger partial charge in [0.1, 0.15) is 18.2 Å². The fourth-order valence-electron chi connectivity index (χ4n) is 2.97. The SMILES string of the molecule is COC(=O)c1cc(OCC(Oc2cccc3sc(C(=N)N)cc23)c2ccccc2)no1. The molecular weight excluding hydrogens is 418 g/mol. The lowest BCUT2D eigenvalue weighted by molar-refractivity contribution is 0.0554. The van der Waals surface area contributed by atoms with Crippen LogP contribution in [0.2, 0.25) is 0 Å². The molecule has 8 nitrogen and oxygen atoms in total. The van der Waals surface area contributed by atoms with Crippen LogP contribution in [0, 0.1) is 5.41 Å². The van der Waals surface area contributed by atoms with E-state index < -0.39 is 12.1 Å². The number of carbonyl (C=O) groups excluding carboxylic acids is 1. The van der Waals surface area contributed by atoms with Gasteiger partial charge in [0.05, 0.1) is 18.1 Å². The van der Waals surface area contributed by atoms with Crippen LogP contribution < -0.4 is 15.2 Å². The molecule has 1 unspecified atom stereocenters. The lowest BCUT2D eigenvalue weighted by atomic mass is 10.1. The molecule has 158 valence electrons. The standard InChI is InChI=1S/C22H19N3O5S/c1-27-22(26)16-11-20(25-30-16)28-12-17(13-6-3-2-4-7-13)29-15-8-5-9-18-14(15)10-19(31-18)21(23)24/h2-11,17H,12H2,1H3,(H3,23,24). The molecule has 0 saturated heterocycles. The lowest BCUT2D eigenvalue weighted by Crippen LogP contribution is -2.17. The van der Waals surface area contributed by atoms with Gasteiger partial charge >= 0.3 is 5.97 Å². The van der Waals surface area contributed by atoms with Crippen molar-refractivity contribution >= 4 is 33.2 Å². The average Bonchev–Trinajstić information content (AvgIpc) is 3.44. The summed E-state index contributed by atoms with van der Waals surface area (Å²) in [6.07, 6.45) is -0.467. The van der Waals surface area contributed by atoms with Gasteiger partial charge in [-0.1, -0.05) is 36.4 Å². The number of rotatable bonds is 8. The quantitative estimate of drug-likeness (QED) is 0.241. The van der Waals surface area contributed by atoms with E-state index in [0.29, 0.717) is 10.6 Å². The molecule has 9 heteroatoms. The molecule has 2 aromatic carbocycles. The van der Waals surface area contributed by atoms with E-state index in [4.69, 9.17) is 25.1 Å². The number of nitrogens with zero attached hydrogens (tertiary/aromatic N) is 1. The minimum Gasteiger partial charge on any atom is -0.481 e. The Labute approximate surface area is 181 Å². The van der Waals surface area contributed by atoms with E-state index in [0.717, 1.165) is 15.6 Å². The van der Waals surface area contributed by atoms with Crippen molar-refractivity contribution in [3.05, 3.63) is 76.9 Å². The van der Waals surface area contributed by atoms with Gasteiger partial charge in [0, 0.05) is 10.1 Å². The number of aromatic nitrogens is 1. The van der Waals surface area contributed by atoms with Gasteiger partial charge in [-0.2, -0.15) is 0 Å². The van der Waals surface area contributed by atoms with Gasteiger partial charge in [0.25, 0.3) is 5.88 Å². The number of esters is 1. The van der Waals surface area contributed by atoms with Crippen LogP contribution in [0.4, 0.5) is 0 Å². The fraction of sp³-hybridized carbons (Fsp3) is 0.136. The minimum atomic E-state index is -0.636. The molecule has 0 bridgehead atoms. The number of nitrogens with two attached hydrogens (primary N) is 1. The molecule has 0 aliphatic rings. The smallest absolute Gasteiger partial charge is 0.377 e. The molecule has 4 rings (SSSR count). The zero-order valence-electron chi connectivity index (χ0n) is 16.5. The van der Waals surface area contributed by atoms with Gasteiger partial charge in [-0.15, -0.1) is 11.3 Å². The number of fused-ring (bicyclic) bond motifs is 1. The first-order valence-corrected chi connectivity index (χ1v) is 10.1. The van der Waals surface area contributed by atoms with Crippen molar-refractivity contribution in [2.45, 2.75) is 6.10 Å². The third kappa shape index (κ3) is 4.51. The number of benzene rings is 2. The van der Waals surface area contributed by atoms with Crippen LogP contribution in [-0.4, -0.2) is 30.7 Å². The Bertz CT molecular complexity index is 1220. The third-order valence-corrected chi connectivity index (χ3v) is 5.62. The summed E-state index contributed by atoms with van der Waals surface area (Å²) in [7, 11) is 1.26. The van der Waals surface area contributed by atoms with Crippen LogP contribution in [0.15, 0.2) is 65.2 Å². The Morgan fingerprint density at radius 3 is 2.74 bits per heavy atom. The van der Waals surface area contributed by atoms with Gasteiger partial charge in [0.15, 0.2) is 6.10 Å². The molecular formula is C22H19N3O5S. The average molecular weight is 437 g/mol. The molecule has 0 saturated carbocycles. The topological polar surface area (TPSA) is 121 Å². The molecule has 2 heterocycles. The summed E-state index contributed by atoms with van der Waals surface area (Å²) >= 11 is 1.43. The highest BCUT2D eigenvalue weighted by Crippen LogP contribution is 2.35. The summed E-state index contributed by atoms with van der Waals surface area (Å²) in [6.45, 7) is 0.122. The van der Waals surface area contributed by atoms with Crippen molar-refractivity contribution in [3.8, 4) is 11.6 Å². The van der Waals surface area contributed by atoms with Crippen molar-refractivity contribution < 1.29 is 23.5 Å². The summed E-state index contributed by atoms with van der Waals surface area (Å²) in [5.41, 5.74) is 6.55. The summed E-state index contributed by atoms with van der Waals surface area (Å²) in [6, 6.07) is 18.5. The molecule has 0 aliphatic carbocycles. The molecule has 0 fully saturated rings. The first-order chi connectivity index (χ1) is 15.0. The predicted octanol–water partition coefficient (Wildman–Crippen LogP) is 4.16. The summed E-state index contributed by atoms with van der Waals surface area (Å²) in [5, 5.41) is 12.3. The molecule has 0 aliphatic heterocycles. The fourth-order valence-corrected chi connectivity index (χ4v) is 3.91. The Morgan fingerprint density at radius 1 is 1.19 bits per heavy atom. The lowest BCUT2D eigenvalue weighted by Gasteiger charge is -2.20. The third-order valence-electron chi connectivity index (χ3n) is 4.49. The highest BCUT2D eigenvalue weighted by atomic mass is 32.1. The van der Waals surface area contributed by atoms with Gasteiger partial charge in [-0.05, 0) is 28.9 Å². The maximum absolute atomic E-state index is 11.5. The summed E-state index contributed by atoms with van der Waals surface area (Å²) < 4.78 is 22.6. The minimum absolute atomic E-state index is 0.0162. The molecule has 2 aromatic heterocycles. The largest absolute Gasteiger partial charge is 0.481 e. The Hall–Kier alpha value is -3.85. The number of amidine groups is 1. The Balaban J connectivity index is 1.59. The molecule has 4 aromatic rings. The van der Waals surface area contributed by atoms with E-state index in [-0.39, 0.29) is 24.1 Å². The van der Waals surface area contributed by atoms with Crippen molar-refractivity contribution in [2.75, 3.05) is 13.7 Å². The van der Waals surface area contributed by atoms with E-state index in [1.807, 2.05) is 54.6 Å². The van der Waals surface area contributed by atoms with Crippen LogP contribution in [0.25, 0.3) is 10.1 Å². The van der Waals surface area contributed by atoms with Gasteiger partial charge in [0.2, 0.25) is 5.76 Å². The van der Waals surface area contributed by atoms with E-state index in [9.17, 15) is 4.79 Å². The van der Waals surface area contributed by atoms with Crippen molar-refractivity contribution in [2.24, 2.45) is 5.73 Å². The Morgan fingerprint density at radius 2 is 2.00 bits per heavy atom. The number of thiophene rings is 1. The molecule has 31 heavy (non-hydrogen) atoms. The molecule has 0 spiro atoms. The normalized spacial score (nSPS) is 11.8. The zero-order valence-corrected chi connectivity index (χ0v) is 17.3. The van der Waals surface area contributed by atoms with Gasteiger partial charge in [-0.3, -0.25) is 5.41 Å². The number of carbonyl (C=O) groups is 1. The van der Waals surface area contributed by atoms with Crippen molar-refractivity contribution in [1.82, 2.24) is 5.16 Å². The Kier molecular flexibility index (Phi) is 5.85. The number of hydrogen-bond donors (Lipinski definition) is 2. The number of nitrogen functional groups attached to an aromatic ring is 1. The van der Waals surface area contributed by atoms with E-state index >= 15 is 0 Å². The second-order valence-electron chi connectivity index (χ2n) is 6.54. The first kappa shape index (κ1) is 20.4. The second-order valence-corrected chi connectivity index (χ2v) is 7.63. The van der Waals surface area contributed by atoms with E-state index in [2.05, 4.69) is 9.89 Å². The molecule has 1 atom stereocenters. The van der Waals surface area contributed by atoms with Crippen LogP contribution >= 0.6 is 11.3 Å². The zero-order chi connectivity index (χ0) is 21.8. The summed E-state index contributed by atoms with van der Waals surface area (Å²) in [4.78, 5) is 12.2. The first-order valence-electron chi connectivity index (χ1n) is 9.31. The van der Waals surface area contributed by atoms with Crippen molar-refractivity contribution in [3.63, 3.8) is 0 Å². The molecule has 0 amide bonds.